The molecule has 3 aliphatic heterocycles. The molecule has 14 rings (SSSR count). The van der Waals surface area contributed by atoms with Crippen molar-refractivity contribution in [3.05, 3.63) is 246 Å². The lowest BCUT2D eigenvalue weighted by atomic mass is 9.33. The Kier molecular flexibility index (Phi) is 12.8. The first-order valence-corrected chi connectivity index (χ1v) is 31.2. The molecule has 4 heteroatoms. The fourth-order valence-electron chi connectivity index (χ4n) is 15.2. The van der Waals surface area contributed by atoms with Gasteiger partial charge in [-0.15, -0.1) is 0 Å². The molecule has 0 spiro atoms. The maximum Gasteiger partial charge on any atom is 0.252 e. The third-order valence-corrected chi connectivity index (χ3v) is 20.2. The Hall–Kier alpha value is -8.34. The minimum absolute atomic E-state index is 0.0718. The van der Waals surface area contributed by atoms with Gasteiger partial charge in [0.1, 0.15) is 0 Å². The van der Waals surface area contributed by atoms with E-state index in [0.29, 0.717) is 0 Å². The zero-order valence-corrected chi connectivity index (χ0v) is 52.0. The third kappa shape index (κ3) is 8.83. The highest BCUT2D eigenvalue weighted by atomic mass is 15.3. The van der Waals surface area contributed by atoms with Gasteiger partial charge in [0.2, 0.25) is 0 Å². The highest BCUT2D eigenvalue weighted by Crippen LogP contribution is 2.63. The van der Waals surface area contributed by atoms with Crippen LogP contribution in [0.5, 0.6) is 0 Å². The number of anilines is 8. The zero-order valence-electron chi connectivity index (χ0n) is 52.0. The summed E-state index contributed by atoms with van der Waals surface area (Å²) in [6.07, 6.45) is 4.61. The monoisotopic (exact) mass is 1110 g/mol. The lowest BCUT2D eigenvalue weighted by Gasteiger charge is -2.51. The van der Waals surface area contributed by atoms with Gasteiger partial charge in [-0.25, -0.2) is 0 Å². The van der Waals surface area contributed by atoms with Gasteiger partial charge >= 0.3 is 0 Å². The van der Waals surface area contributed by atoms with E-state index < -0.39 is 0 Å². The van der Waals surface area contributed by atoms with E-state index in [-0.39, 0.29) is 33.9 Å². The van der Waals surface area contributed by atoms with Crippen molar-refractivity contribution in [2.24, 2.45) is 0 Å². The summed E-state index contributed by atoms with van der Waals surface area (Å²) in [4.78, 5) is 8.22. The molecule has 85 heavy (non-hydrogen) atoms. The van der Waals surface area contributed by atoms with E-state index in [1.807, 2.05) is 0 Å². The molecule has 0 N–H and O–H groups in total. The third-order valence-electron chi connectivity index (χ3n) is 20.2. The first-order valence-electron chi connectivity index (χ1n) is 31.2. The number of rotatable bonds is 7. The number of benzene rings is 10. The SMILES string of the molecule is Cc1ccccc1-c1ccc2c(c1)C1(C)CCCCC1(C)N2c1cc2c3c(c1)N(c1ccc(C(C)(C)C)cc1-c1ccccc1)c1ccc(C(C)(C)C)cc1B3c1cc(-c3ccccc3)ccc1N2c1ccc(C(C)(C)C)cc1-c1ccccc1. The predicted octanol–water partition coefficient (Wildman–Crippen LogP) is 20.4. The molecule has 10 aromatic rings. The largest absolute Gasteiger partial charge is 0.334 e. The molecular weight excluding hydrogens is 1030 g/mol. The topological polar surface area (TPSA) is 9.72 Å². The first-order chi connectivity index (χ1) is 40.7. The van der Waals surface area contributed by atoms with E-state index in [0.717, 1.165) is 12.8 Å². The average Bonchev–Trinajstić information content (AvgIpc) is 1.71. The van der Waals surface area contributed by atoms with Crippen LogP contribution >= 0.6 is 0 Å². The van der Waals surface area contributed by atoms with Crippen LogP contribution in [0.1, 0.15) is 130 Å². The Labute approximate surface area is 507 Å². The van der Waals surface area contributed by atoms with Crippen molar-refractivity contribution >= 4 is 68.6 Å². The number of hydrogen-bond donors (Lipinski definition) is 0. The van der Waals surface area contributed by atoms with Crippen molar-refractivity contribution in [1.29, 1.82) is 0 Å². The van der Waals surface area contributed by atoms with Crippen LogP contribution in [0.3, 0.4) is 0 Å². The Bertz CT molecular complexity index is 4240. The highest BCUT2D eigenvalue weighted by molar-refractivity contribution is 7.00. The van der Waals surface area contributed by atoms with Crippen molar-refractivity contribution in [2.75, 3.05) is 14.7 Å². The van der Waals surface area contributed by atoms with Gasteiger partial charge in [-0.05, 0) is 181 Å². The van der Waals surface area contributed by atoms with Crippen molar-refractivity contribution in [2.45, 2.75) is 136 Å². The molecule has 0 radical (unpaired) electrons. The second-order valence-electron chi connectivity index (χ2n) is 28.6. The zero-order chi connectivity index (χ0) is 59.0. The first kappa shape index (κ1) is 54.6. The molecule has 10 aromatic carbocycles. The Morgan fingerprint density at radius 2 is 0.812 bits per heavy atom. The molecule has 0 aromatic heterocycles. The summed E-state index contributed by atoms with van der Waals surface area (Å²) < 4.78 is 0. The Morgan fingerprint density at radius 3 is 1.35 bits per heavy atom. The number of aryl methyl sites for hydroxylation is 1. The summed E-state index contributed by atoms with van der Waals surface area (Å²) >= 11 is 0. The van der Waals surface area contributed by atoms with Crippen molar-refractivity contribution in [3.63, 3.8) is 0 Å². The van der Waals surface area contributed by atoms with E-state index in [2.05, 4.69) is 316 Å². The Balaban J connectivity index is 1.14. The summed E-state index contributed by atoms with van der Waals surface area (Å²) in [6, 6.07) is 84.5. The smallest absolute Gasteiger partial charge is 0.252 e. The molecule has 2 atom stereocenters. The number of nitrogens with zero attached hydrogens (tertiary/aromatic N) is 3. The van der Waals surface area contributed by atoms with Gasteiger partial charge < -0.3 is 14.7 Å². The molecule has 3 nitrogen and oxygen atoms in total. The van der Waals surface area contributed by atoms with E-state index in [1.54, 1.807) is 0 Å². The van der Waals surface area contributed by atoms with Gasteiger partial charge in [0, 0.05) is 50.7 Å². The van der Waals surface area contributed by atoms with Crippen LogP contribution in [-0.4, -0.2) is 12.3 Å². The minimum Gasteiger partial charge on any atom is -0.334 e. The minimum atomic E-state index is -0.230. The van der Waals surface area contributed by atoms with Crippen molar-refractivity contribution in [1.82, 2.24) is 0 Å². The van der Waals surface area contributed by atoms with Crippen LogP contribution in [0.15, 0.2) is 218 Å². The molecule has 3 heterocycles. The van der Waals surface area contributed by atoms with Crippen LogP contribution in [0.4, 0.5) is 45.5 Å². The summed E-state index contributed by atoms with van der Waals surface area (Å²) in [5.41, 5.74) is 29.7. The van der Waals surface area contributed by atoms with Gasteiger partial charge in [0.25, 0.3) is 6.71 Å². The summed E-state index contributed by atoms with van der Waals surface area (Å²) in [7, 11) is 0. The lowest BCUT2D eigenvalue weighted by Crippen LogP contribution is -2.62. The molecule has 1 aliphatic carbocycles. The van der Waals surface area contributed by atoms with E-state index in [9.17, 15) is 0 Å². The molecule has 1 saturated carbocycles. The number of fused-ring (bicyclic) bond motifs is 7. The average molecular weight is 1110 g/mol. The second-order valence-corrected chi connectivity index (χ2v) is 28.6. The standard InChI is InChI=1S/C81H80BN3/c1-53-26-22-23-33-63(53)58-35-39-71-66(46-58)80(11)44-24-25-45-81(80,12)85(71)62-51-74-76-75(52-62)84(70-42-37-60(78(5,6)7)49-65(70)56-31-20-15-21-32-56)73-43-38-61(79(8,9)10)50-68(73)82(76)67-47-57(54-27-16-13-17-28-54)34-40-72(67)83(74)69-41-36-59(77(2,3)4)48-64(69)55-29-18-14-19-30-55/h13-23,26-43,46-52H,24-25,44-45H2,1-12H3. The molecule has 0 amide bonds. The molecular formula is C81H80BN3. The maximum absolute atomic E-state index is 2.83. The second kappa shape index (κ2) is 19.9. The van der Waals surface area contributed by atoms with Gasteiger partial charge in [-0.2, -0.15) is 0 Å². The van der Waals surface area contributed by atoms with Crippen molar-refractivity contribution < 1.29 is 0 Å². The molecule has 0 saturated heterocycles. The van der Waals surface area contributed by atoms with Crippen LogP contribution in [0.25, 0.3) is 44.5 Å². The van der Waals surface area contributed by atoms with Crippen molar-refractivity contribution in [3.8, 4) is 44.5 Å². The van der Waals surface area contributed by atoms with Gasteiger partial charge in [-0.3, -0.25) is 0 Å². The molecule has 4 aliphatic rings. The predicted molar refractivity (Wildman–Crippen MR) is 366 cm³/mol. The van der Waals surface area contributed by atoms with Gasteiger partial charge in [-0.1, -0.05) is 240 Å². The van der Waals surface area contributed by atoms with E-state index >= 15 is 0 Å². The molecule has 1 fully saturated rings. The molecule has 2 unspecified atom stereocenters. The van der Waals surface area contributed by atoms with Crippen LogP contribution in [-0.2, 0) is 21.7 Å². The van der Waals surface area contributed by atoms with E-state index in [4.69, 9.17) is 0 Å². The Morgan fingerprint density at radius 1 is 0.365 bits per heavy atom. The van der Waals surface area contributed by atoms with Gasteiger partial charge in [0.15, 0.2) is 0 Å². The molecule has 0 bridgehead atoms. The maximum atomic E-state index is 2.83. The van der Waals surface area contributed by atoms with Crippen LogP contribution < -0.4 is 31.1 Å². The van der Waals surface area contributed by atoms with Gasteiger partial charge in [0.05, 0.1) is 16.9 Å². The summed E-state index contributed by atoms with van der Waals surface area (Å²) in [5.74, 6) is 0. The van der Waals surface area contributed by atoms with Crippen LogP contribution in [0, 0.1) is 6.92 Å². The highest BCUT2D eigenvalue weighted by Gasteiger charge is 2.58. The van der Waals surface area contributed by atoms with Crippen LogP contribution in [0.2, 0.25) is 0 Å². The summed E-state index contributed by atoms with van der Waals surface area (Å²) in [5, 5.41) is 0. The molecule has 422 valence electrons. The quantitative estimate of drug-likeness (QED) is 0.147. The normalized spacial score (nSPS) is 17.9. The fourth-order valence-corrected chi connectivity index (χ4v) is 15.2. The van der Waals surface area contributed by atoms with E-state index in [1.165, 1.54) is 147 Å². The lowest BCUT2D eigenvalue weighted by molar-refractivity contribution is 0.195. The summed E-state index contributed by atoms with van der Waals surface area (Å²) in [6.45, 7) is 28.5. The number of hydrogen-bond acceptors (Lipinski definition) is 3. The fraction of sp³-hybridized carbons (Fsp3) is 0.259.